The molecule has 0 heterocycles. The van der Waals surface area contributed by atoms with Gasteiger partial charge in [0.1, 0.15) is 0 Å². The second-order valence-corrected chi connectivity index (χ2v) is 5.39. The molecule has 2 rings (SSSR count). The molecular formula is C16H14ClF3N2O. The number of carbonyl (C=O) groups is 1. The SMILES string of the molecule is Cc1ccc(CNC(=O)Nc2ccc(Cl)c(C(F)(F)F)c2)cc1. The van der Waals surface area contributed by atoms with Crippen LogP contribution >= 0.6 is 11.6 Å². The van der Waals surface area contributed by atoms with Crippen molar-refractivity contribution in [3.63, 3.8) is 0 Å². The average molecular weight is 343 g/mol. The largest absolute Gasteiger partial charge is 0.417 e. The molecule has 0 spiro atoms. The summed E-state index contributed by atoms with van der Waals surface area (Å²) in [6.07, 6.45) is -4.58. The van der Waals surface area contributed by atoms with Crippen LogP contribution in [0.15, 0.2) is 42.5 Å². The summed E-state index contributed by atoms with van der Waals surface area (Å²) in [5.74, 6) is 0. The van der Waals surface area contributed by atoms with Gasteiger partial charge in [-0.1, -0.05) is 41.4 Å². The topological polar surface area (TPSA) is 41.1 Å². The molecule has 0 aliphatic heterocycles. The van der Waals surface area contributed by atoms with Crippen molar-refractivity contribution in [3.8, 4) is 0 Å². The van der Waals surface area contributed by atoms with Crippen LogP contribution in [-0.4, -0.2) is 6.03 Å². The zero-order valence-corrected chi connectivity index (χ0v) is 12.9. The maximum Gasteiger partial charge on any atom is 0.417 e. The van der Waals surface area contributed by atoms with Gasteiger partial charge in [-0.05, 0) is 30.7 Å². The van der Waals surface area contributed by atoms with E-state index in [1.165, 1.54) is 6.07 Å². The molecule has 0 bridgehead atoms. The summed E-state index contributed by atoms with van der Waals surface area (Å²) < 4.78 is 38.3. The van der Waals surface area contributed by atoms with E-state index < -0.39 is 22.8 Å². The fraction of sp³-hybridized carbons (Fsp3) is 0.188. The highest BCUT2D eigenvalue weighted by molar-refractivity contribution is 6.31. The Morgan fingerprint density at radius 1 is 1.13 bits per heavy atom. The molecular weight excluding hydrogens is 329 g/mol. The molecule has 0 aliphatic carbocycles. The molecule has 7 heteroatoms. The maximum absolute atomic E-state index is 12.8. The lowest BCUT2D eigenvalue weighted by Crippen LogP contribution is -2.28. The van der Waals surface area contributed by atoms with E-state index in [-0.39, 0.29) is 12.2 Å². The second-order valence-electron chi connectivity index (χ2n) is 4.99. The van der Waals surface area contributed by atoms with Crippen LogP contribution in [-0.2, 0) is 12.7 Å². The number of benzene rings is 2. The Balaban J connectivity index is 1.99. The van der Waals surface area contributed by atoms with Gasteiger partial charge in [-0.15, -0.1) is 0 Å². The van der Waals surface area contributed by atoms with Crippen molar-refractivity contribution in [2.45, 2.75) is 19.6 Å². The minimum atomic E-state index is -4.58. The van der Waals surface area contributed by atoms with Crippen LogP contribution in [0.5, 0.6) is 0 Å². The number of hydrogen-bond acceptors (Lipinski definition) is 1. The van der Waals surface area contributed by atoms with E-state index in [4.69, 9.17) is 11.6 Å². The Kier molecular flexibility index (Phi) is 5.15. The lowest BCUT2D eigenvalue weighted by atomic mass is 10.1. The van der Waals surface area contributed by atoms with Crippen LogP contribution in [0, 0.1) is 6.92 Å². The Labute approximate surface area is 136 Å². The minimum Gasteiger partial charge on any atom is -0.334 e. The number of nitrogens with one attached hydrogen (secondary N) is 2. The predicted octanol–water partition coefficient (Wildman–Crippen LogP) is 4.99. The molecule has 3 nitrogen and oxygen atoms in total. The first-order valence-electron chi connectivity index (χ1n) is 6.73. The van der Waals surface area contributed by atoms with Crippen molar-refractivity contribution in [1.82, 2.24) is 5.32 Å². The van der Waals surface area contributed by atoms with Crippen LogP contribution in [0.3, 0.4) is 0 Å². The third-order valence-corrected chi connectivity index (χ3v) is 3.43. The monoisotopic (exact) mass is 342 g/mol. The van der Waals surface area contributed by atoms with Crippen molar-refractivity contribution in [2.24, 2.45) is 0 Å². The van der Waals surface area contributed by atoms with E-state index in [1.54, 1.807) is 0 Å². The number of hydrogen-bond donors (Lipinski definition) is 2. The third-order valence-electron chi connectivity index (χ3n) is 3.10. The molecule has 0 radical (unpaired) electrons. The first-order chi connectivity index (χ1) is 10.8. The Hall–Kier alpha value is -2.21. The van der Waals surface area contributed by atoms with Gasteiger partial charge in [0, 0.05) is 12.2 Å². The van der Waals surface area contributed by atoms with Gasteiger partial charge in [0.05, 0.1) is 10.6 Å². The number of halogens is 4. The molecule has 23 heavy (non-hydrogen) atoms. The first kappa shape index (κ1) is 17.1. The number of aryl methyl sites for hydroxylation is 1. The zero-order valence-electron chi connectivity index (χ0n) is 12.2. The lowest BCUT2D eigenvalue weighted by Gasteiger charge is -2.12. The number of carbonyl (C=O) groups excluding carboxylic acids is 1. The van der Waals surface area contributed by atoms with Gasteiger partial charge in [-0.25, -0.2) is 4.79 Å². The number of rotatable bonds is 3. The lowest BCUT2D eigenvalue weighted by molar-refractivity contribution is -0.137. The van der Waals surface area contributed by atoms with Crippen LogP contribution in [0.1, 0.15) is 16.7 Å². The van der Waals surface area contributed by atoms with Gasteiger partial charge in [0.15, 0.2) is 0 Å². The van der Waals surface area contributed by atoms with Crippen molar-refractivity contribution in [3.05, 3.63) is 64.2 Å². The third kappa shape index (κ3) is 4.89. The molecule has 122 valence electrons. The molecule has 0 saturated carbocycles. The molecule has 0 atom stereocenters. The average Bonchev–Trinajstić information content (AvgIpc) is 2.47. The van der Waals surface area contributed by atoms with E-state index in [9.17, 15) is 18.0 Å². The molecule has 2 N–H and O–H groups in total. The highest BCUT2D eigenvalue weighted by Crippen LogP contribution is 2.36. The van der Waals surface area contributed by atoms with Crippen LogP contribution < -0.4 is 10.6 Å². The standard InChI is InChI=1S/C16H14ClF3N2O/c1-10-2-4-11(5-3-10)9-21-15(23)22-12-6-7-14(17)13(8-12)16(18,19)20/h2-8H,9H2,1H3,(H2,21,22,23). The summed E-state index contributed by atoms with van der Waals surface area (Å²) in [5, 5.41) is 4.52. The van der Waals surface area contributed by atoms with Crippen molar-refractivity contribution in [2.75, 3.05) is 5.32 Å². The van der Waals surface area contributed by atoms with Gasteiger partial charge < -0.3 is 10.6 Å². The molecule has 0 aliphatic rings. The second kappa shape index (κ2) is 6.91. The maximum atomic E-state index is 12.8. The van der Waals surface area contributed by atoms with Gasteiger partial charge in [0.2, 0.25) is 0 Å². The Morgan fingerprint density at radius 2 is 1.78 bits per heavy atom. The summed E-state index contributed by atoms with van der Waals surface area (Å²) in [6, 6.07) is 10.1. The van der Waals surface area contributed by atoms with Crippen LogP contribution in [0.4, 0.5) is 23.7 Å². The van der Waals surface area contributed by atoms with Gasteiger partial charge >= 0.3 is 12.2 Å². The Morgan fingerprint density at radius 3 is 2.39 bits per heavy atom. The van der Waals surface area contributed by atoms with Crippen molar-refractivity contribution >= 4 is 23.3 Å². The molecule has 0 aromatic heterocycles. The summed E-state index contributed by atoms with van der Waals surface area (Å²) in [5.41, 5.74) is 1.01. The molecule has 0 unspecified atom stereocenters. The highest BCUT2D eigenvalue weighted by atomic mass is 35.5. The summed E-state index contributed by atoms with van der Waals surface area (Å²) in [6.45, 7) is 2.22. The normalized spacial score (nSPS) is 11.2. The van der Waals surface area contributed by atoms with E-state index in [2.05, 4.69) is 10.6 Å². The van der Waals surface area contributed by atoms with E-state index in [0.717, 1.165) is 23.3 Å². The molecule has 0 fully saturated rings. The number of urea groups is 1. The van der Waals surface area contributed by atoms with Crippen molar-refractivity contribution in [1.29, 1.82) is 0 Å². The van der Waals surface area contributed by atoms with Crippen LogP contribution in [0.2, 0.25) is 5.02 Å². The fourth-order valence-electron chi connectivity index (χ4n) is 1.88. The van der Waals surface area contributed by atoms with Gasteiger partial charge in [-0.2, -0.15) is 13.2 Å². The highest BCUT2D eigenvalue weighted by Gasteiger charge is 2.33. The first-order valence-corrected chi connectivity index (χ1v) is 7.10. The quantitative estimate of drug-likeness (QED) is 0.810. The molecule has 2 aromatic rings. The van der Waals surface area contributed by atoms with Crippen molar-refractivity contribution < 1.29 is 18.0 Å². The Bertz CT molecular complexity index is 699. The van der Waals surface area contributed by atoms with Gasteiger partial charge in [0.25, 0.3) is 0 Å². The number of amides is 2. The van der Waals surface area contributed by atoms with Gasteiger partial charge in [-0.3, -0.25) is 0 Å². The summed E-state index contributed by atoms with van der Waals surface area (Å²) >= 11 is 5.52. The zero-order chi connectivity index (χ0) is 17.0. The van der Waals surface area contributed by atoms with E-state index in [0.29, 0.717) is 0 Å². The summed E-state index contributed by atoms with van der Waals surface area (Å²) in [7, 11) is 0. The smallest absolute Gasteiger partial charge is 0.334 e. The van der Waals surface area contributed by atoms with E-state index in [1.807, 2.05) is 31.2 Å². The van der Waals surface area contributed by atoms with E-state index >= 15 is 0 Å². The number of alkyl halides is 3. The molecule has 2 aromatic carbocycles. The predicted molar refractivity (Wildman–Crippen MR) is 83.5 cm³/mol. The molecule has 0 saturated heterocycles. The van der Waals surface area contributed by atoms with Crippen LogP contribution in [0.25, 0.3) is 0 Å². The fourth-order valence-corrected chi connectivity index (χ4v) is 2.11. The molecule has 2 amide bonds. The minimum absolute atomic E-state index is 0.0168. The number of anilines is 1. The summed E-state index contributed by atoms with van der Waals surface area (Å²) in [4.78, 5) is 11.8.